The minimum absolute atomic E-state index is 0.0705. The van der Waals surface area contributed by atoms with Crippen molar-refractivity contribution in [3.8, 4) is 5.75 Å². The summed E-state index contributed by atoms with van der Waals surface area (Å²) >= 11 is 5.87. The molecule has 1 amide bonds. The van der Waals surface area contributed by atoms with Crippen molar-refractivity contribution in [3.63, 3.8) is 0 Å². The normalized spacial score (nSPS) is 10.4. The van der Waals surface area contributed by atoms with Crippen LogP contribution in [-0.2, 0) is 11.2 Å². The number of carbonyl (C=O) groups excluding carboxylic acids is 1. The van der Waals surface area contributed by atoms with Crippen molar-refractivity contribution in [1.82, 2.24) is 4.90 Å². The van der Waals surface area contributed by atoms with Gasteiger partial charge in [-0.2, -0.15) is 0 Å². The summed E-state index contributed by atoms with van der Waals surface area (Å²) in [6.45, 7) is 0.965. The van der Waals surface area contributed by atoms with Gasteiger partial charge in [-0.15, -0.1) is 0 Å². The molecule has 0 radical (unpaired) electrons. The van der Waals surface area contributed by atoms with Gasteiger partial charge in [-0.25, -0.2) is 0 Å². The molecule has 4 nitrogen and oxygen atoms in total. The van der Waals surface area contributed by atoms with E-state index in [1.165, 1.54) is 0 Å². The summed E-state index contributed by atoms with van der Waals surface area (Å²) in [5.41, 5.74) is 0. The number of hydrogen-bond donors (Lipinski definition) is 0. The van der Waals surface area contributed by atoms with Crippen LogP contribution < -0.4 is 4.74 Å². The van der Waals surface area contributed by atoms with Crippen molar-refractivity contribution < 1.29 is 13.9 Å². The fourth-order valence-electron chi connectivity index (χ4n) is 1.86. The number of likely N-dealkylation sites (N-methyl/N-ethyl adjacent to an activating group) is 1. The summed E-state index contributed by atoms with van der Waals surface area (Å²) < 4.78 is 10.8. The van der Waals surface area contributed by atoms with Gasteiger partial charge in [0.25, 0.3) is 0 Å². The van der Waals surface area contributed by atoms with E-state index in [0.717, 1.165) is 5.76 Å². The molecule has 2 aromatic rings. The molecule has 0 aliphatic heterocycles. The molecule has 0 unspecified atom stereocenters. The zero-order valence-corrected chi connectivity index (χ0v) is 12.7. The average molecular weight is 308 g/mol. The molecule has 0 aliphatic rings. The Morgan fingerprint density at radius 2 is 2.19 bits per heavy atom. The zero-order chi connectivity index (χ0) is 15.1. The Balaban J connectivity index is 1.68. The third kappa shape index (κ3) is 5.16. The lowest BCUT2D eigenvalue weighted by molar-refractivity contribution is -0.130. The Labute approximate surface area is 129 Å². The molecule has 0 aliphatic carbocycles. The molecule has 112 valence electrons. The van der Waals surface area contributed by atoms with Gasteiger partial charge in [-0.05, 0) is 30.3 Å². The maximum atomic E-state index is 11.9. The van der Waals surface area contributed by atoms with Crippen LogP contribution in [0.2, 0.25) is 5.02 Å². The molecular weight excluding hydrogens is 290 g/mol. The van der Waals surface area contributed by atoms with E-state index in [2.05, 4.69) is 0 Å². The topological polar surface area (TPSA) is 42.7 Å². The molecule has 0 bridgehead atoms. The van der Waals surface area contributed by atoms with Crippen LogP contribution in [0.3, 0.4) is 0 Å². The first-order valence-corrected chi connectivity index (χ1v) is 7.17. The highest BCUT2D eigenvalue weighted by molar-refractivity contribution is 6.30. The van der Waals surface area contributed by atoms with Gasteiger partial charge in [-0.3, -0.25) is 4.79 Å². The minimum atomic E-state index is 0.0705. The maximum Gasteiger partial charge on any atom is 0.222 e. The standard InChI is InChI=1S/C16H18ClNO3/c1-18(16(19)8-7-14-6-3-10-20-14)9-11-21-15-5-2-4-13(17)12-15/h2-6,10,12H,7-9,11H2,1H3. The van der Waals surface area contributed by atoms with Crippen LogP contribution in [0.4, 0.5) is 0 Å². The van der Waals surface area contributed by atoms with Crippen molar-refractivity contribution >= 4 is 17.5 Å². The molecule has 0 fully saturated rings. The molecule has 0 saturated heterocycles. The van der Waals surface area contributed by atoms with Crippen molar-refractivity contribution in [1.29, 1.82) is 0 Å². The highest BCUT2D eigenvalue weighted by Gasteiger charge is 2.09. The SMILES string of the molecule is CN(CCOc1cccc(Cl)c1)C(=O)CCc1ccco1. The van der Waals surface area contributed by atoms with E-state index in [1.54, 1.807) is 30.3 Å². The summed E-state index contributed by atoms with van der Waals surface area (Å²) in [5, 5.41) is 0.635. The van der Waals surface area contributed by atoms with Crippen LogP contribution >= 0.6 is 11.6 Å². The summed E-state index contributed by atoms with van der Waals surface area (Å²) in [5.74, 6) is 1.60. The number of halogens is 1. The van der Waals surface area contributed by atoms with E-state index >= 15 is 0 Å². The minimum Gasteiger partial charge on any atom is -0.492 e. The second kappa shape index (κ2) is 7.74. The van der Waals surface area contributed by atoms with Crippen LogP contribution in [0.25, 0.3) is 0 Å². The molecule has 0 atom stereocenters. The third-order valence-electron chi connectivity index (χ3n) is 3.08. The fraction of sp³-hybridized carbons (Fsp3) is 0.312. The quantitative estimate of drug-likeness (QED) is 0.787. The van der Waals surface area contributed by atoms with Crippen molar-refractivity contribution in [2.75, 3.05) is 20.2 Å². The van der Waals surface area contributed by atoms with Gasteiger partial charge in [0.05, 0.1) is 12.8 Å². The fourth-order valence-corrected chi connectivity index (χ4v) is 2.04. The van der Waals surface area contributed by atoms with Crippen LogP contribution in [-0.4, -0.2) is 31.0 Å². The van der Waals surface area contributed by atoms with E-state index < -0.39 is 0 Å². The van der Waals surface area contributed by atoms with Gasteiger partial charge >= 0.3 is 0 Å². The van der Waals surface area contributed by atoms with Crippen molar-refractivity contribution in [2.45, 2.75) is 12.8 Å². The third-order valence-corrected chi connectivity index (χ3v) is 3.32. The lowest BCUT2D eigenvalue weighted by Crippen LogP contribution is -2.31. The predicted octanol–water partition coefficient (Wildman–Crippen LogP) is 3.40. The van der Waals surface area contributed by atoms with E-state index in [1.807, 2.05) is 24.3 Å². The number of ether oxygens (including phenoxy) is 1. The number of carbonyl (C=O) groups is 1. The highest BCUT2D eigenvalue weighted by Crippen LogP contribution is 2.16. The second-order valence-corrected chi connectivity index (χ2v) is 5.14. The summed E-state index contributed by atoms with van der Waals surface area (Å²) in [7, 11) is 1.77. The van der Waals surface area contributed by atoms with E-state index in [0.29, 0.717) is 36.8 Å². The average Bonchev–Trinajstić information content (AvgIpc) is 2.98. The Morgan fingerprint density at radius 3 is 2.90 bits per heavy atom. The van der Waals surface area contributed by atoms with E-state index in [4.69, 9.17) is 20.8 Å². The summed E-state index contributed by atoms with van der Waals surface area (Å²) in [4.78, 5) is 13.6. The van der Waals surface area contributed by atoms with Gasteiger partial charge in [-0.1, -0.05) is 17.7 Å². The van der Waals surface area contributed by atoms with Crippen LogP contribution in [0.15, 0.2) is 47.1 Å². The molecule has 0 N–H and O–H groups in total. The number of nitrogens with zero attached hydrogens (tertiary/aromatic N) is 1. The molecule has 21 heavy (non-hydrogen) atoms. The maximum absolute atomic E-state index is 11.9. The molecular formula is C16H18ClNO3. The summed E-state index contributed by atoms with van der Waals surface area (Å²) in [6, 6.07) is 10.9. The van der Waals surface area contributed by atoms with Crippen LogP contribution in [0, 0.1) is 0 Å². The van der Waals surface area contributed by atoms with Gasteiger partial charge in [0.15, 0.2) is 0 Å². The Morgan fingerprint density at radius 1 is 1.33 bits per heavy atom. The van der Waals surface area contributed by atoms with Gasteiger partial charge < -0.3 is 14.1 Å². The largest absolute Gasteiger partial charge is 0.492 e. The molecule has 2 rings (SSSR count). The first kappa shape index (κ1) is 15.4. The number of aryl methyl sites for hydroxylation is 1. The number of furan rings is 1. The van der Waals surface area contributed by atoms with Crippen LogP contribution in [0.5, 0.6) is 5.75 Å². The molecule has 5 heteroatoms. The predicted molar refractivity (Wildman–Crippen MR) is 81.6 cm³/mol. The number of rotatable bonds is 7. The Kier molecular flexibility index (Phi) is 5.69. The van der Waals surface area contributed by atoms with Gasteiger partial charge in [0.2, 0.25) is 5.91 Å². The number of hydrogen-bond acceptors (Lipinski definition) is 3. The molecule has 1 aromatic carbocycles. The lowest BCUT2D eigenvalue weighted by atomic mass is 10.2. The highest BCUT2D eigenvalue weighted by atomic mass is 35.5. The monoisotopic (exact) mass is 307 g/mol. The number of benzene rings is 1. The van der Waals surface area contributed by atoms with Gasteiger partial charge in [0, 0.05) is 24.9 Å². The first-order chi connectivity index (χ1) is 10.1. The molecule has 0 saturated carbocycles. The van der Waals surface area contributed by atoms with Crippen LogP contribution in [0.1, 0.15) is 12.2 Å². The zero-order valence-electron chi connectivity index (χ0n) is 11.9. The van der Waals surface area contributed by atoms with E-state index in [-0.39, 0.29) is 5.91 Å². The Bertz CT molecular complexity index is 569. The summed E-state index contributed by atoms with van der Waals surface area (Å²) in [6.07, 6.45) is 2.66. The van der Waals surface area contributed by atoms with Crippen molar-refractivity contribution in [3.05, 3.63) is 53.4 Å². The van der Waals surface area contributed by atoms with Crippen molar-refractivity contribution in [2.24, 2.45) is 0 Å². The lowest BCUT2D eigenvalue weighted by Gasteiger charge is -2.17. The second-order valence-electron chi connectivity index (χ2n) is 4.70. The number of amides is 1. The smallest absolute Gasteiger partial charge is 0.222 e. The molecule has 1 heterocycles. The molecule has 1 aromatic heterocycles. The van der Waals surface area contributed by atoms with Gasteiger partial charge in [0.1, 0.15) is 18.1 Å². The van der Waals surface area contributed by atoms with E-state index in [9.17, 15) is 4.79 Å². The molecule has 0 spiro atoms. The Hall–Kier alpha value is -1.94. The first-order valence-electron chi connectivity index (χ1n) is 6.80.